The SMILES string of the molecule is CCCCOc1cccc(C2c3c(oc4cc(C)c(C)cc4c3=O)C(=O)N2CCCN(C)C)c1. The van der Waals surface area contributed by atoms with Crippen molar-refractivity contribution in [3.8, 4) is 5.75 Å². The van der Waals surface area contributed by atoms with Crippen molar-refractivity contribution < 1.29 is 13.9 Å². The zero-order valence-electron chi connectivity index (χ0n) is 20.8. The summed E-state index contributed by atoms with van der Waals surface area (Å²) >= 11 is 0. The van der Waals surface area contributed by atoms with Crippen molar-refractivity contribution in [1.29, 1.82) is 0 Å². The van der Waals surface area contributed by atoms with Gasteiger partial charge in [-0.1, -0.05) is 25.5 Å². The molecule has 1 aliphatic rings. The molecule has 180 valence electrons. The lowest BCUT2D eigenvalue weighted by Crippen LogP contribution is -2.32. The molecule has 0 saturated heterocycles. The first kappa shape index (κ1) is 24.0. The molecule has 1 aromatic heterocycles. The quantitative estimate of drug-likeness (QED) is 0.415. The second-order valence-corrected chi connectivity index (χ2v) is 9.44. The van der Waals surface area contributed by atoms with Crippen molar-refractivity contribution in [1.82, 2.24) is 9.80 Å². The zero-order valence-corrected chi connectivity index (χ0v) is 20.8. The van der Waals surface area contributed by atoms with Crippen LogP contribution in [0.3, 0.4) is 0 Å². The fourth-order valence-electron chi connectivity index (χ4n) is 4.52. The fraction of sp³-hybridized carbons (Fsp3) is 0.429. The van der Waals surface area contributed by atoms with E-state index in [0.717, 1.165) is 48.2 Å². The number of hydrogen-bond donors (Lipinski definition) is 0. The highest BCUT2D eigenvalue weighted by atomic mass is 16.5. The van der Waals surface area contributed by atoms with Gasteiger partial charge in [-0.15, -0.1) is 0 Å². The number of nitrogens with zero attached hydrogens (tertiary/aromatic N) is 2. The Kier molecular flexibility index (Phi) is 7.08. The molecule has 1 unspecified atom stereocenters. The highest BCUT2D eigenvalue weighted by Crippen LogP contribution is 2.39. The van der Waals surface area contributed by atoms with E-state index in [4.69, 9.17) is 9.15 Å². The van der Waals surface area contributed by atoms with Gasteiger partial charge in [0.1, 0.15) is 11.3 Å². The lowest BCUT2D eigenvalue weighted by Gasteiger charge is -2.26. The second-order valence-electron chi connectivity index (χ2n) is 9.44. The van der Waals surface area contributed by atoms with Crippen LogP contribution in [0.1, 0.15) is 65.0 Å². The first-order chi connectivity index (χ1) is 16.3. The van der Waals surface area contributed by atoms with Crippen LogP contribution in [0.2, 0.25) is 0 Å². The van der Waals surface area contributed by atoms with E-state index in [1.807, 2.05) is 64.3 Å². The van der Waals surface area contributed by atoms with Crippen LogP contribution in [-0.4, -0.2) is 49.5 Å². The van der Waals surface area contributed by atoms with Crippen molar-refractivity contribution in [3.05, 3.63) is 74.6 Å². The number of fused-ring (bicyclic) bond motifs is 2. The maximum Gasteiger partial charge on any atom is 0.290 e. The normalized spacial score (nSPS) is 15.4. The minimum absolute atomic E-state index is 0.134. The molecular formula is C28H34N2O4. The fourth-order valence-corrected chi connectivity index (χ4v) is 4.52. The third kappa shape index (κ3) is 4.60. The molecule has 6 nitrogen and oxygen atoms in total. The van der Waals surface area contributed by atoms with Crippen molar-refractivity contribution in [2.45, 2.75) is 46.1 Å². The minimum Gasteiger partial charge on any atom is -0.494 e. The summed E-state index contributed by atoms with van der Waals surface area (Å²) in [7, 11) is 4.02. The maximum absolute atomic E-state index is 13.8. The molecule has 34 heavy (non-hydrogen) atoms. The van der Waals surface area contributed by atoms with Crippen molar-refractivity contribution >= 4 is 16.9 Å². The second kappa shape index (κ2) is 10.0. The Hall–Kier alpha value is -3.12. The summed E-state index contributed by atoms with van der Waals surface area (Å²) in [5.74, 6) is 0.679. The van der Waals surface area contributed by atoms with E-state index in [1.54, 1.807) is 4.90 Å². The molecule has 1 aliphatic heterocycles. The zero-order chi connectivity index (χ0) is 24.4. The van der Waals surface area contributed by atoms with Gasteiger partial charge in [0.2, 0.25) is 5.76 Å². The summed E-state index contributed by atoms with van der Waals surface area (Å²) in [6.07, 6.45) is 2.82. The molecule has 3 aromatic rings. The Labute approximate surface area is 201 Å². The van der Waals surface area contributed by atoms with Gasteiger partial charge in [-0.05, 0) is 88.3 Å². The Morgan fingerprint density at radius 1 is 1.06 bits per heavy atom. The molecule has 0 saturated carbocycles. The Morgan fingerprint density at radius 3 is 2.56 bits per heavy atom. The summed E-state index contributed by atoms with van der Waals surface area (Å²) in [5.41, 5.74) is 3.67. The molecule has 0 aliphatic carbocycles. The van der Waals surface area contributed by atoms with Crippen LogP contribution in [0.15, 0.2) is 45.6 Å². The molecular weight excluding hydrogens is 428 g/mol. The summed E-state index contributed by atoms with van der Waals surface area (Å²) in [6, 6.07) is 11.0. The van der Waals surface area contributed by atoms with Gasteiger partial charge in [0, 0.05) is 6.54 Å². The highest BCUT2D eigenvalue weighted by Gasteiger charge is 2.42. The van der Waals surface area contributed by atoms with E-state index in [9.17, 15) is 9.59 Å². The first-order valence-electron chi connectivity index (χ1n) is 12.1. The van der Waals surface area contributed by atoms with Gasteiger partial charge in [0.15, 0.2) is 5.43 Å². The average molecular weight is 463 g/mol. The molecule has 0 N–H and O–H groups in total. The van der Waals surface area contributed by atoms with Crippen molar-refractivity contribution in [2.24, 2.45) is 0 Å². The Bertz CT molecular complexity index is 1260. The summed E-state index contributed by atoms with van der Waals surface area (Å²) in [5, 5.41) is 0.519. The van der Waals surface area contributed by atoms with Gasteiger partial charge in [-0.25, -0.2) is 0 Å². The number of hydrogen-bond acceptors (Lipinski definition) is 5. The van der Waals surface area contributed by atoms with E-state index in [-0.39, 0.29) is 17.1 Å². The number of ether oxygens (including phenoxy) is 1. The predicted molar refractivity (Wildman–Crippen MR) is 135 cm³/mol. The standard InChI is InChI=1S/C28H34N2O4/c1-6-7-14-33-21-11-8-10-20(17-21)25-24-26(31)22-15-18(2)19(3)16-23(22)34-27(24)28(32)30(25)13-9-12-29(4)5/h8,10-11,15-17,25H,6-7,9,12-14H2,1-5H3. The van der Waals surface area contributed by atoms with E-state index in [0.29, 0.717) is 29.7 Å². The number of amides is 1. The molecule has 6 heteroatoms. The molecule has 0 spiro atoms. The number of aryl methyl sites for hydroxylation is 2. The number of carbonyl (C=O) groups is 1. The predicted octanol–water partition coefficient (Wildman–Crippen LogP) is 5.09. The van der Waals surface area contributed by atoms with Crippen LogP contribution in [0.5, 0.6) is 5.75 Å². The molecule has 1 amide bonds. The maximum atomic E-state index is 13.8. The highest BCUT2D eigenvalue weighted by molar-refractivity contribution is 5.99. The Morgan fingerprint density at radius 2 is 1.82 bits per heavy atom. The number of carbonyl (C=O) groups excluding carboxylic acids is 1. The van der Waals surface area contributed by atoms with Gasteiger partial charge in [0.25, 0.3) is 5.91 Å². The molecule has 0 fully saturated rings. The lowest BCUT2D eigenvalue weighted by atomic mass is 9.97. The topological polar surface area (TPSA) is 63.0 Å². The van der Waals surface area contributed by atoms with E-state index >= 15 is 0 Å². The molecule has 0 bridgehead atoms. The van der Waals surface area contributed by atoms with Gasteiger partial charge in [0.05, 0.1) is 23.6 Å². The largest absolute Gasteiger partial charge is 0.494 e. The third-order valence-corrected chi connectivity index (χ3v) is 6.53. The third-order valence-electron chi connectivity index (χ3n) is 6.53. The van der Waals surface area contributed by atoms with Crippen LogP contribution < -0.4 is 10.2 Å². The van der Waals surface area contributed by atoms with Crippen molar-refractivity contribution in [2.75, 3.05) is 33.8 Å². The van der Waals surface area contributed by atoms with Gasteiger partial charge in [-0.2, -0.15) is 0 Å². The van der Waals surface area contributed by atoms with Crippen LogP contribution in [0, 0.1) is 13.8 Å². The Balaban J connectivity index is 1.83. The molecule has 0 radical (unpaired) electrons. The first-order valence-corrected chi connectivity index (χ1v) is 12.1. The lowest BCUT2D eigenvalue weighted by molar-refractivity contribution is 0.0722. The van der Waals surface area contributed by atoms with Crippen LogP contribution in [-0.2, 0) is 0 Å². The molecule has 1 atom stereocenters. The van der Waals surface area contributed by atoms with E-state index in [1.165, 1.54) is 0 Å². The smallest absolute Gasteiger partial charge is 0.290 e. The van der Waals surface area contributed by atoms with E-state index in [2.05, 4.69) is 11.8 Å². The van der Waals surface area contributed by atoms with Crippen LogP contribution >= 0.6 is 0 Å². The van der Waals surface area contributed by atoms with Gasteiger partial charge >= 0.3 is 0 Å². The van der Waals surface area contributed by atoms with Crippen LogP contribution in [0.4, 0.5) is 0 Å². The summed E-state index contributed by atoms with van der Waals surface area (Å²) < 4.78 is 12.0. The molecule has 4 rings (SSSR count). The monoisotopic (exact) mass is 462 g/mol. The molecule has 2 aromatic carbocycles. The molecule has 2 heterocycles. The van der Waals surface area contributed by atoms with Gasteiger partial charge < -0.3 is 19.0 Å². The number of unbranched alkanes of at least 4 members (excludes halogenated alkanes) is 1. The van der Waals surface area contributed by atoms with Gasteiger partial charge in [-0.3, -0.25) is 9.59 Å². The summed E-state index contributed by atoms with van der Waals surface area (Å²) in [6.45, 7) is 8.09. The number of benzene rings is 2. The summed E-state index contributed by atoms with van der Waals surface area (Å²) in [4.78, 5) is 31.2. The van der Waals surface area contributed by atoms with Crippen molar-refractivity contribution in [3.63, 3.8) is 0 Å². The number of rotatable bonds is 9. The average Bonchev–Trinajstić information content (AvgIpc) is 3.07. The van der Waals surface area contributed by atoms with Crippen LogP contribution in [0.25, 0.3) is 11.0 Å². The van der Waals surface area contributed by atoms with E-state index < -0.39 is 6.04 Å². The minimum atomic E-state index is -0.498.